The van der Waals surface area contributed by atoms with E-state index in [9.17, 15) is 4.79 Å². The van der Waals surface area contributed by atoms with Gasteiger partial charge in [-0.15, -0.1) is 0 Å². The van der Waals surface area contributed by atoms with E-state index in [1.807, 2.05) is 37.5 Å². The number of hydrogen-bond acceptors (Lipinski definition) is 4. The van der Waals surface area contributed by atoms with Crippen LogP contribution in [0.4, 0.5) is 0 Å². The minimum absolute atomic E-state index is 0. The first-order chi connectivity index (χ1) is 7.63. The topological polar surface area (TPSA) is 46.3 Å². The van der Waals surface area contributed by atoms with Gasteiger partial charge >= 0.3 is 5.97 Å². The second kappa shape index (κ2) is 8.54. The standard InChI is InChI=1S/C10H17N3O2S.BrH/c1-4-15-9(14)7-13-5-6-16-10(13)11-8-12(2)3;/h5-6,8,10H,4,7H2,1-3H3;1H. The monoisotopic (exact) mass is 323 g/mol. The van der Waals surface area contributed by atoms with Crippen LogP contribution in [0.3, 0.4) is 0 Å². The van der Waals surface area contributed by atoms with Crippen molar-refractivity contribution in [1.29, 1.82) is 0 Å². The lowest BCUT2D eigenvalue weighted by Gasteiger charge is -2.15. The van der Waals surface area contributed by atoms with E-state index in [0.29, 0.717) is 13.2 Å². The zero-order chi connectivity index (χ0) is 12.0. The van der Waals surface area contributed by atoms with Crippen LogP contribution in [0.15, 0.2) is 16.6 Å². The molecule has 1 N–H and O–H groups in total. The van der Waals surface area contributed by atoms with Crippen LogP contribution in [-0.4, -0.2) is 50.0 Å². The van der Waals surface area contributed by atoms with Gasteiger partial charge in [0, 0.05) is 19.5 Å². The molecule has 2 atom stereocenters. The van der Waals surface area contributed by atoms with Gasteiger partial charge in [0.05, 0.1) is 12.9 Å². The average molecular weight is 324 g/mol. The number of ether oxygens (including phenoxy) is 1. The van der Waals surface area contributed by atoms with Crippen LogP contribution in [0.25, 0.3) is 0 Å². The van der Waals surface area contributed by atoms with Crippen molar-refractivity contribution in [2.45, 2.75) is 12.4 Å². The smallest absolute Gasteiger partial charge is 0.362 e. The van der Waals surface area contributed by atoms with Gasteiger partial charge in [-0.3, -0.25) is 4.90 Å². The molecule has 0 saturated heterocycles. The average Bonchev–Trinajstić information content (AvgIpc) is 2.62. The zero-order valence-electron chi connectivity index (χ0n) is 10.2. The minimum Gasteiger partial charge on any atom is -1.00 e. The number of rotatable bonds is 5. The number of hydrogen-bond donors (Lipinski definition) is 1. The van der Waals surface area contributed by atoms with Gasteiger partial charge in [-0.1, -0.05) is 0 Å². The highest BCUT2D eigenvalue weighted by Crippen LogP contribution is 2.11. The Balaban J connectivity index is 0.00000256. The molecule has 1 aliphatic heterocycles. The van der Waals surface area contributed by atoms with Gasteiger partial charge in [-0.2, -0.15) is 0 Å². The number of esters is 1. The molecule has 1 aliphatic rings. The first-order valence-electron chi connectivity index (χ1n) is 5.16. The summed E-state index contributed by atoms with van der Waals surface area (Å²) in [6.07, 6.45) is 3.70. The molecule has 7 heteroatoms. The molecular weight excluding hydrogens is 306 g/mol. The van der Waals surface area contributed by atoms with E-state index >= 15 is 0 Å². The van der Waals surface area contributed by atoms with Gasteiger partial charge in [0.2, 0.25) is 5.50 Å². The highest BCUT2D eigenvalue weighted by molar-refractivity contribution is 8.02. The molecule has 0 aliphatic carbocycles. The maximum atomic E-state index is 11.3. The van der Waals surface area contributed by atoms with E-state index in [4.69, 9.17) is 4.74 Å². The Labute approximate surface area is 117 Å². The van der Waals surface area contributed by atoms with E-state index in [1.54, 1.807) is 18.1 Å². The molecule has 0 aromatic carbocycles. The fourth-order valence-electron chi connectivity index (χ4n) is 1.22. The van der Waals surface area contributed by atoms with Gasteiger partial charge in [-0.25, -0.2) is 9.79 Å². The lowest BCUT2D eigenvalue weighted by Crippen LogP contribution is -3.10. The Morgan fingerprint density at radius 2 is 2.35 bits per heavy atom. The molecule has 0 fully saturated rings. The summed E-state index contributed by atoms with van der Waals surface area (Å²) in [5.41, 5.74) is 0.0202. The maximum absolute atomic E-state index is 11.3. The van der Waals surface area contributed by atoms with Crippen LogP contribution in [-0.2, 0) is 9.53 Å². The van der Waals surface area contributed by atoms with Gasteiger partial charge in [0.1, 0.15) is 6.20 Å². The Hall–Kier alpha value is -0.530. The van der Waals surface area contributed by atoms with Crippen LogP contribution in [0.1, 0.15) is 6.92 Å². The number of nitrogens with one attached hydrogen (secondary N) is 1. The van der Waals surface area contributed by atoms with Gasteiger partial charge in [-0.05, 0) is 18.7 Å². The molecule has 0 bridgehead atoms. The van der Waals surface area contributed by atoms with Crippen LogP contribution < -0.4 is 21.9 Å². The number of thioether (sulfide) groups is 1. The zero-order valence-corrected chi connectivity index (χ0v) is 12.6. The van der Waals surface area contributed by atoms with E-state index < -0.39 is 0 Å². The van der Waals surface area contributed by atoms with Crippen molar-refractivity contribution in [2.75, 3.05) is 27.2 Å². The highest BCUT2D eigenvalue weighted by atomic mass is 79.9. The van der Waals surface area contributed by atoms with Crippen molar-refractivity contribution >= 4 is 24.1 Å². The molecule has 0 saturated carbocycles. The Morgan fingerprint density at radius 1 is 1.65 bits per heavy atom. The number of carbonyl (C=O) groups excluding carboxylic acids is 1. The van der Waals surface area contributed by atoms with Crippen molar-refractivity contribution < 1.29 is 31.4 Å². The summed E-state index contributed by atoms with van der Waals surface area (Å²) >= 11 is 1.60. The van der Waals surface area contributed by atoms with Crippen molar-refractivity contribution in [1.82, 2.24) is 4.90 Å². The van der Waals surface area contributed by atoms with E-state index in [-0.39, 0.29) is 28.4 Å². The van der Waals surface area contributed by atoms with Crippen molar-refractivity contribution in [2.24, 2.45) is 4.99 Å². The maximum Gasteiger partial charge on any atom is 0.362 e. The van der Waals surface area contributed by atoms with E-state index in [2.05, 4.69) is 4.99 Å². The summed E-state index contributed by atoms with van der Waals surface area (Å²) in [5, 5.41) is 1.96. The second-order valence-electron chi connectivity index (χ2n) is 3.58. The van der Waals surface area contributed by atoms with Crippen molar-refractivity contribution in [3.05, 3.63) is 11.6 Å². The molecular formula is C10H18BrN3O2S. The predicted molar refractivity (Wildman–Crippen MR) is 65.2 cm³/mol. The summed E-state index contributed by atoms with van der Waals surface area (Å²) < 4.78 is 4.91. The number of quaternary nitrogens is 1. The van der Waals surface area contributed by atoms with Crippen LogP contribution in [0, 0.1) is 0 Å². The fourth-order valence-corrected chi connectivity index (χ4v) is 2.08. The molecule has 0 aromatic rings. The quantitative estimate of drug-likeness (QED) is 0.324. The van der Waals surface area contributed by atoms with Crippen LogP contribution in [0.2, 0.25) is 0 Å². The van der Waals surface area contributed by atoms with Gasteiger partial charge in [0.15, 0.2) is 6.54 Å². The molecule has 1 heterocycles. The third kappa shape index (κ3) is 6.09. The van der Waals surface area contributed by atoms with Gasteiger partial charge in [0.25, 0.3) is 0 Å². The number of aliphatic imine (C=N–C) groups is 1. The SMILES string of the molecule is CCOC(=O)C[NH+]1C=CSC1N=CN(C)C.[Br-]. The molecule has 5 nitrogen and oxygen atoms in total. The third-order valence-corrected chi connectivity index (χ3v) is 2.87. The molecule has 98 valence electrons. The molecule has 0 amide bonds. The molecule has 1 rings (SSSR count). The highest BCUT2D eigenvalue weighted by Gasteiger charge is 2.26. The predicted octanol–water partition coefficient (Wildman–Crippen LogP) is -3.47. The van der Waals surface area contributed by atoms with Crippen LogP contribution >= 0.6 is 11.8 Å². The Morgan fingerprint density at radius 3 is 2.94 bits per heavy atom. The van der Waals surface area contributed by atoms with Gasteiger partial charge < -0.3 is 26.6 Å². The van der Waals surface area contributed by atoms with E-state index in [0.717, 1.165) is 4.90 Å². The summed E-state index contributed by atoms with van der Waals surface area (Å²) in [4.78, 5) is 18.6. The molecule has 0 radical (unpaired) electrons. The van der Waals surface area contributed by atoms with Crippen molar-refractivity contribution in [3.8, 4) is 0 Å². The molecule has 2 unspecified atom stereocenters. The summed E-state index contributed by atoms with van der Waals surface area (Å²) in [7, 11) is 3.84. The fraction of sp³-hybridized carbons (Fsp3) is 0.600. The molecule has 17 heavy (non-hydrogen) atoms. The number of halogens is 1. The Kier molecular flexibility index (Phi) is 8.28. The first-order valence-corrected chi connectivity index (χ1v) is 6.11. The largest absolute Gasteiger partial charge is 1.00 e. The summed E-state index contributed by atoms with van der Waals surface area (Å²) in [5.74, 6) is -0.185. The normalized spacial score (nSPS) is 22.5. The summed E-state index contributed by atoms with van der Waals surface area (Å²) in [6.45, 7) is 2.56. The third-order valence-electron chi connectivity index (χ3n) is 1.89. The second-order valence-corrected chi connectivity index (χ2v) is 4.57. The number of carbonyl (C=O) groups is 1. The number of nitrogens with zero attached hydrogens (tertiary/aromatic N) is 2. The molecule has 0 aromatic heterocycles. The first kappa shape index (κ1) is 16.5. The summed E-state index contributed by atoms with van der Waals surface area (Å²) in [6, 6.07) is 0. The van der Waals surface area contributed by atoms with Crippen LogP contribution in [0.5, 0.6) is 0 Å². The molecule has 0 spiro atoms. The lowest BCUT2D eigenvalue weighted by molar-refractivity contribution is -0.846. The minimum atomic E-state index is -0.185. The van der Waals surface area contributed by atoms with Crippen molar-refractivity contribution in [3.63, 3.8) is 0 Å². The Bertz CT molecular complexity index is 297. The van der Waals surface area contributed by atoms with E-state index in [1.165, 1.54) is 0 Å². The lowest BCUT2D eigenvalue weighted by atomic mass is 10.5.